The molecule has 104 valence electrons. The molecule has 1 aromatic rings. The molecule has 0 spiro atoms. The minimum Gasteiger partial charge on any atom is -0.481 e. The van der Waals surface area contributed by atoms with Crippen LogP contribution in [0.2, 0.25) is 0 Å². The van der Waals surface area contributed by atoms with Gasteiger partial charge in [0.25, 0.3) is 0 Å². The molecule has 0 saturated heterocycles. The third kappa shape index (κ3) is 3.07. The Bertz CT molecular complexity index is 457. The second kappa shape index (κ2) is 4.85. The molecule has 6 heteroatoms. The number of hydrogen-bond acceptors (Lipinski definition) is 2. The molecule has 1 N–H and O–H groups in total. The van der Waals surface area contributed by atoms with E-state index >= 15 is 0 Å². The van der Waals surface area contributed by atoms with Gasteiger partial charge in [-0.3, -0.25) is 9.53 Å². The maximum Gasteiger partial charge on any atom is 0.522 e. The Balaban J connectivity index is 2.08. The first-order valence-corrected chi connectivity index (χ1v) is 5.83. The number of hydrogen-bond donors (Lipinski definition) is 1. The van der Waals surface area contributed by atoms with Crippen molar-refractivity contribution >= 4 is 5.97 Å². The zero-order valence-electron chi connectivity index (χ0n) is 10.0. The number of alkyl halides is 3. The van der Waals surface area contributed by atoms with E-state index in [1.54, 1.807) is 12.1 Å². The molecular formula is C13H13F3O3. The standard InChI is InChI=1S/C13H13F3O3/c14-13(15,16)19-6-5-12(11(17)18)7-9-3-1-2-4-10(9)8-12/h1-4H,5-8H2,(H,17,18). The van der Waals surface area contributed by atoms with Gasteiger partial charge in [-0.25, -0.2) is 0 Å². The third-order valence-corrected chi connectivity index (χ3v) is 3.48. The van der Waals surface area contributed by atoms with E-state index in [1.165, 1.54) is 0 Å². The molecule has 0 saturated carbocycles. The molecule has 1 aliphatic carbocycles. The van der Waals surface area contributed by atoms with Crippen LogP contribution in [0.15, 0.2) is 24.3 Å². The summed E-state index contributed by atoms with van der Waals surface area (Å²) in [7, 11) is 0. The van der Waals surface area contributed by atoms with Gasteiger partial charge in [-0.1, -0.05) is 24.3 Å². The molecule has 0 fully saturated rings. The van der Waals surface area contributed by atoms with Crippen LogP contribution in [0.25, 0.3) is 0 Å². The van der Waals surface area contributed by atoms with E-state index in [1.807, 2.05) is 12.1 Å². The van der Waals surface area contributed by atoms with Crippen LogP contribution in [0.5, 0.6) is 0 Å². The molecule has 0 aliphatic heterocycles. The number of ether oxygens (including phenoxy) is 1. The lowest BCUT2D eigenvalue weighted by atomic mass is 9.82. The molecule has 0 bridgehead atoms. The fourth-order valence-electron chi connectivity index (χ4n) is 2.49. The molecule has 0 amide bonds. The predicted octanol–water partition coefficient (Wildman–Crippen LogP) is 2.78. The highest BCUT2D eigenvalue weighted by Gasteiger charge is 2.44. The van der Waals surface area contributed by atoms with Crippen molar-refractivity contribution in [2.24, 2.45) is 5.41 Å². The number of aliphatic carboxylic acids is 1. The number of rotatable bonds is 4. The monoisotopic (exact) mass is 274 g/mol. The number of carboxylic acid groups (broad SMARTS) is 1. The normalized spacial score (nSPS) is 17.2. The first-order chi connectivity index (χ1) is 8.82. The zero-order valence-corrected chi connectivity index (χ0v) is 10.0. The topological polar surface area (TPSA) is 46.5 Å². The summed E-state index contributed by atoms with van der Waals surface area (Å²) < 4.78 is 39.5. The Morgan fingerprint density at radius 3 is 2.21 bits per heavy atom. The van der Waals surface area contributed by atoms with Gasteiger partial charge >= 0.3 is 12.3 Å². The highest BCUT2D eigenvalue weighted by molar-refractivity contribution is 5.77. The molecule has 3 nitrogen and oxygen atoms in total. The molecule has 19 heavy (non-hydrogen) atoms. The number of carbonyl (C=O) groups is 1. The van der Waals surface area contributed by atoms with Crippen LogP contribution < -0.4 is 0 Å². The first-order valence-electron chi connectivity index (χ1n) is 5.83. The molecule has 0 unspecified atom stereocenters. The summed E-state index contributed by atoms with van der Waals surface area (Å²) in [6.07, 6.45) is -4.37. The summed E-state index contributed by atoms with van der Waals surface area (Å²) in [5, 5.41) is 9.33. The predicted molar refractivity (Wildman–Crippen MR) is 60.5 cm³/mol. The highest BCUT2D eigenvalue weighted by Crippen LogP contribution is 2.40. The summed E-state index contributed by atoms with van der Waals surface area (Å²) in [6, 6.07) is 7.21. The molecule has 0 aromatic heterocycles. The van der Waals surface area contributed by atoms with Gasteiger partial charge in [0.1, 0.15) is 0 Å². The fraction of sp³-hybridized carbons (Fsp3) is 0.462. The maximum absolute atomic E-state index is 11.9. The lowest BCUT2D eigenvalue weighted by molar-refractivity contribution is -0.326. The van der Waals surface area contributed by atoms with Crippen LogP contribution in [0, 0.1) is 5.41 Å². The summed E-state index contributed by atoms with van der Waals surface area (Å²) in [6.45, 7) is -0.635. The summed E-state index contributed by atoms with van der Waals surface area (Å²) >= 11 is 0. The Kier molecular flexibility index (Phi) is 3.54. The van der Waals surface area contributed by atoms with Crippen molar-refractivity contribution in [3.05, 3.63) is 35.4 Å². The quantitative estimate of drug-likeness (QED) is 0.918. The van der Waals surface area contributed by atoms with Gasteiger partial charge < -0.3 is 5.11 Å². The molecular weight excluding hydrogens is 261 g/mol. The smallest absolute Gasteiger partial charge is 0.481 e. The third-order valence-electron chi connectivity index (χ3n) is 3.48. The summed E-state index contributed by atoms with van der Waals surface area (Å²) in [5.41, 5.74) is 0.586. The van der Waals surface area contributed by atoms with Crippen molar-refractivity contribution in [1.29, 1.82) is 0 Å². The van der Waals surface area contributed by atoms with Crippen molar-refractivity contribution in [3.8, 4) is 0 Å². The Morgan fingerprint density at radius 1 is 1.26 bits per heavy atom. The van der Waals surface area contributed by atoms with E-state index in [2.05, 4.69) is 4.74 Å². The molecule has 1 aromatic carbocycles. The van der Waals surface area contributed by atoms with Crippen molar-refractivity contribution in [2.75, 3.05) is 6.61 Å². The van der Waals surface area contributed by atoms with Crippen molar-refractivity contribution < 1.29 is 27.8 Å². The van der Waals surface area contributed by atoms with Gasteiger partial charge in [-0.2, -0.15) is 0 Å². The van der Waals surface area contributed by atoms with Crippen LogP contribution >= 0.6 is 0 Å². The van der Waals surface area contributed by atoms with Crippen molar-refractivity contribution in [1.82, 2.24) is 0 Å². The highest BCUT2D eigenvalue weighted by atomic mass is 19.4. The number of benzene rings is 1. The van der Waals surface area contributed by atoms with E-state index in [4.69, 9.17) is 0 Å². The molecule has 2 rings (SSSR count). The lowest BCUT2D eigenvalue weighted by Crippen LogP contribution is -2.34. The van der Waals surface area contributed by atoms with Gasteiger partial charge in [0.15, 0.2) is 0 Å². The Morgan fingerprint density at radius 2 is 1.79 bits per heavy atom. The van der Waals surface area contributed by atoms with Crippen LogP contribution in [-0.4, -0.2) is 24.0 Å². The second-order valence-corrected chi connectivity index (χ2v) is 4.75. The first kappa shape index (κ1) is 13.9. The molecule has 0 heterocycles. The largest absolute Gasteiger partial charge is 0.522 e. The fourth-order valence-corrected chi connectivity index (χ4v) is 2.49. The number of carboxylic acids is 1. The van der Waals surface area contributed by atoms with Gasteiger partial charge in [0.2, 0.25) is 0 Å². The average Bonchev–Trinajstić information content (AvgIpc) is 2.66. The summed E-state index contributed by atoms with van der Waals surface area (Å²) in [5.74, 6) is -1.07. The SMILES string of the molecule is O=C(O)C1(CCOC(F)(F)F)Cc2ccccc2C1. The van der Waals surface area contributed by atoms with Crippen molar-refractivity contribution in [3.63, 3.8) is 0 Å². The van der Waals surface area contributed by atoms with Crippen LogP contribution in [0.4, 0.5) is 13.2 Å². The minimum atomic E-state index is -4.72. The maximum atomic E-state index is 11.9. The van der Waals surface area contributed by atoms with Gasteiger partial charge in [0, 0.05) is 0 Å². The number of fused-ring (bicyclic) bond motifs is 1. The second-order valence-electron chi connectivity index (χ2n) is 4.75. The number of halogens is 3. The van der Waals surface area contributed by atoms with Crippen molar-refractivity contribution in [2.45, 2.75) is 25.6 Å². The van der Waals surface area contributed by atoms with E-state index in [0.29, 0.717) is 0 Å². The van der Waals surface area contributed by atoms with E-state index < -0.39 is 24.4 Å². The van der Waals surface area contributed by atoms with Crippen LogP contribution in [0.1, 0.15) is 17.5 Å². The van der Waals surface area contributed by atoms with Gasteiger partial charge in [0.05, 0.1) is 12.0 Å². The minimum absolute atomic E-state index is 0.156. The average molecular weight is 274 g/mol. The zero-order chi connectivity index (χ0) is 14.1. The van der Waals surface area contributed by atoms with E-state index in [-0.39, 0.29) is 19.3 Å². The molecule has 0 atom stereocenters. The Hall–Kier alpha value is -1.56. The van der Waals surface area contributed by atoms with Crippen LogP contribution in [0.3, 0.4) is 0 Å². The summed E-state index contributed by atoms with van der Waals surface area (Å²) in [4.78, 5) is 11.4. The Labute approximate surface area is 108 Å². The van der Waals surface area contributed by atoms with Gasteiger partial charge in [-0.05, 0) is 30.4 Å². The molecule has 1 aliphatic rings. The van der Waals surface area contributed by atoms with E-state index in [0.717, 1.165) is 11.1 Å². The van der Waals surface area contributed by atoms with E-state index in [9.17, 15) is 23.1 Å². The molecule has 0 radical (unpaired) electrons. The van der Waals surface area contributed by atoms with Gasteiger partial charge in [-0.15, -0.1) is 13.2 Å². The van der Waals surface area contributed by atoms with Crippen LogP contribution in [-0.2, 0) is 22.4 Å². The lowest BCUT2D eigenvalue weighted by Gasteiger charge is -2.23.